The molecule has 0 amide bonds. The Kier molecular flexibility index (Phi) is 5.09. The molecule has 8 nitrogen and oxygen atoms in total. The monoisotopic (exact) mass is 522 g/mol. The number of nitriles is 1. The van der Waals surface area contributed by atoms with Gasteiger partial charge in [-0.3, -0.25) is 4.57 Å². The van der Waals surface area contributed by atoms with Crippen LogP contribution in [0.4, 0.5) is 0 Å². The number of ether oxygens (including phenoxy) is 2. The van der Waals surface area contributed by atoms with Crippen LogP contribution in [0.1, 0.15) is 42.9 Å². The van der Waals surface area contributed by atoms with Crippen LogP contribution in [0.3, 0.4) is 0 Å². The lowest BCUT2D eigenvalue weighted by atomic mass is 9.78. The highest BCUT2D eigenvalue weighted by atomic mass is 35.5. The maximum atomic E-state index is 11.5. The first-order valence-electron chi connectivity index (χ1n) is 11.4. The summed E-state index contributed by atoms with van der Waals surface area (Å²) < 4.78 is 13.7. The Labute approximate surface area is 216 Å². The molecule has 1 fully saturated rings. The second-order valence-corrected chi connectivity index (χ2v) is 10.0. The van der Waals surface area contributed by atoms with Gasteiger partial charge in [-0.15, -0.1) is 5.10 Å². The van der Waals surface area contributed by atoms with Crippen molar-refractivity contribution in [3.63, 3.8) is 0 Å². The summed E-state index contributed by atoms with van der Waals surface area (Å²) >= 11 is 12.2. The minimum atomic E-state index is -0.863. The van der Waals surface area contributed by atoms with Crippen molar-refractivity contribution < 1.29 is 19.7 Å². The van der Waals surface area contributed by atoms with Gasteiger partial charge in [-0.2, -0.15) is 10.4 Å². The maximum Gasteiger partial charge on any atom is 0.253 e. The Bertz CT molecular complexity index is 1600. The van der Waals surface area contributed by atoms with Gasteiger partial charge in [0.05, 0.1) is 51.9 Å². The van der Waals surface area contributed by atoms with Gasteiger partial charge in [-0.25, -0.2) is 0 Å². The van der Waals surface area contributed by atoms with Crippen molar-refractivity contribution in [2.45, 2.75) is 37.4 Å². The third kappa shape index (κ3) is 3.10. The van der Waals surface area contributed by atoms with E-state index in [1.54, 1.807) is 12.1 Å². The van der Waals surface area contributed by atoms with Crippen molar-refractivity contribution in [1.29, 1.82) is 5.26 Å². The smallest absolute Gasteiger partial charge is 0.253 e. The molecule has 2 aromatic carbocycles. The van der Waals surface area contributed by atoms with Crippen molar-refractivity contribution >= 4 is 34.0 Å². The van der Waals surface area contributed by atoms with E-state index in [1.807, 2.05) is 31.2 Å². The predicted molar refractivity (Wildman–Crippen MR) is 133 cm³/mol. The molecular weight excluding hydrogens is 503 g/mol. The Morgan fingerprint density at radius 1 is 1.11 bits per heavy atom. The number of hydrogen-bond acceptors (Lipinski definition) is 7. The quantitative estimate of drug-likeness (QED) is 0.344. The third-order valence-corrected chi connectivity index (χ3v) is 8.00. The number of nitrogens with zero attached hydrogens (tertiary/aromatic N) is 4. The lowest BCUT2D eigenvalue weighted by molar-refractivity contribution is -0.0877. The van der Waals surface area contributed by atoms with Gasteiger partial charge in [-0.1, -0.05) is 47.5 Å². The third-order valence-electron chi connectivity index (χ3n) is 7.26. The molecule has 2 aliphatic heterocycles. The molecule has 2 N–H and O–H groups in total. The lowest BCUT2D eigenvalue weighted by Gasteiger charge is -2.26. The summed E-state index contributed by atoms with van der Waals surface area (Å²) in [5.41, 5.74) is 0.578. The minimum Gasteiger partial charge on any atom is -0.494 e. The molecule has 182 valence electrons. The standard InChI is InChI=1S/C26H20Cl2N4O4/c1-25-8-9-26(36-25,10-11-35-22-21(28)17(27)13-30-31-22)20-19(25)23(33)32(24(20)34)18-7-6-14(12-29)15-4-2-3-5-16(15)18/h2-7,13,33-34H,8-11H2,1H3/t25-,26-/m0/s1. The second kappa shape index (κ2) is 8.00. The van der Waals surface area contributed by atoms with E-state index < -0.39 is 11.2 Å². The fraction of sp³-hybridized carbons (Fsp3) is 0.269. The zero-order chi connectivity index (χ0) is 25.2. The zero-order valence-electron chi connectivity index (χ0n) is 19.1. The van der Waals surface area contributed by atoms with Crippen LogP contribution < -0.4 is 4.74 Å². The lowest BCUT2D eigenvalue weighted by Crippen LogP contribution is -2.25. The Hall–Kier alpha value is -3.51. The van der Waals surface area contributed by atoms with E-state index in [2.05, 4.69) is 16.3 Å². The number of rotatable bonds is 5. The number of halogens is 2. The highest BCUT2D eigenvalue weighted by Crippen LogP contribution is 2.65. The van der Waals surface area contributed by atoms with Gasteiger partial charge < -0.3 is 19.7 Å². The van der Waals surface area contributed by atoms with Crippen molar-refractivity contribution in [1.82, 2.24) is 14.8 Å². The highest BCUT2D eigenvalue weighted by molar-refractivity contribution is 6.42. The average Bonchev–Trinajstić information content (AvgIpc) is 3.45. The summed E-state index contributed by atoms with van der Waals surface area (Å²) in [5, 5.41) is 42.0. The second-order valence-electron chi connectivity index (χ2n) is 9.26. The predicted octanol–water partition coefficient (Wildman–Crippen LogP) is 5.71. The molecule has 6 rings (SSSR count). The van der Waals surface area contributed by atoms with E-state index in [4.69, 9.17) is 32.7 Å². The van der Waals surface area contributed by atoms with E-state index in [0.717, 1.165) is 10.8 Å². The zero-order valence-corrected chi connectivity index (χ0v) is 20.6. The first-order chi connectivity index (χ1) is 17.3. The molecule has 0 aliphatic carbocycles. The van der Waals surface area contributed by atoms with Crippen LogP contribution in [-0.2, 0) is 15.9 Å². The maximum absolute atomic E-state index is 11.5. The summed E-state index contributed by atoms with van der Waals surface area (Å²) in [6.45, 7) is 2.09. The summed E-state index contributed by atoms with van der Waals surface area (Å²) in [6.07, 6.45) is 3.02. The van der Waals surface area contributed by atoms with Crippen LogP contribution in [0.15, 0.2) is 42.6 Å². The van der Waals surface area contributed by atoms with Gasteiger partial charge in [0.1, 0.15) is 10.6 Å². The van der Waals surface area contributed by atoms with E-state index in [9.17, 15) is 15.5 Å². The van der Waals surface area contributed by atoms with Gasteiger partial charge in [0.25, 0.3) is 5.88 Å². The van der Waals surface area contributed by atoms with Gasteiger partial charge in [-0.05, 0) is 31.9 Å². The van der Waals surface area contributed by atoms with E-state index in [-0.39, 0.29) is 34.3 Å². The summed E-state index contributed by atoms with van der Waals surface area (Å²) in [7, 11) is 0. The van der Waals surface area contributed by atoms with Crippen LogP contribution in [0.5, 0.6) is 17.6 Å². The van der Waals surface area contributed by atoms with E-state index in [1.165, 1.54) is 10.8 Å². The fourth-order valence-electron chi connectivity index (χ4n) is 5.65. The summed E-state index contributed by atoms with van der Waals surface area (Å²) in [5.74, 6) is -0.0549. The number of aromatic nitrogens is 3. The van der Waals surface area contributed by atoms with Gasteiger partial charge in [0, 0.05) is 17.2 Å². The first-order valence-corrected chi connectivity index (χ1v) is 12.1. The van der Waals surface area contributed by atoms with Gasteiger partial charge in [0.2, 0.25) is 11.8 Å². The Morgan fingerprint density at radius 3 is 2.64 bits per heavy atom. The molecule has 0 radical (unpaired) electrons. The molecule has 0 saturated carbocycles. The van der Waals surface area contributed by atoms with Crippen molar-refractivity contribution in [3.8, 4) is 29.4 Å². The molecule has 0 spiro atoms. The normalized spacial score (nSPS) is 22.1. The minimum absolute atomic E-state index is 0.0777. The van der Waals surface area contributed by atoms with Crippen molar-refractivity contribution in [2.75, 3.05) is 6.61 Å². The van der Waals surface area contributed by atoms with Crippen LogP contribution in [0, 0.1) is 11.3 Å². The molecule has 4 aromatic rings. The van der Waals surface area contributed by atoms with Gasteiger partial charge in [0.15, 0.2) is 0 Å². The van der Waals surface area contributed by atoms with E-state index in [0.29, 0.717) is 41.6 Å². The average molecular weight is 523 g/mol. The molecule has 10 heteroatoms. The number of aromatic hydroxyl groups is 2. The van der Waals surface area contributed by atoms with Crippen molar-refractivity contribution in [3.05, 3.63) is 69.3 Å². The largest absolute Gasteiger partial charge is 0.494 e. The Balaban J connectivity index is 1.43. The molecule has 2 bridgehead atoms. The van der Waals surface area contributed by atoms with Crippen LogP contribution in [0.2, 0.25) is 10.0 Å². The molecule has 1 saturated heterocycles. The molecule has 2 aromatic heterocycles. The Morgan fingerprint density at radius 2 is 1.86 bits per heavy atom. The van der Waals surface area contributed by atoms with Crippen LogP contribution >= 0.6 is 23.2 Å². The number of hydrogen-bond donors (Lipinski definition) is 2. The van der Waals surface area contributed by atoms with E-state index >= 15 is 0 Å². The molecule has 2 aliphatic rings. The number of benzene rings is 2. The summed E-state index contributed by atoms with van der Waals surface area (Å²) in [6, 6.07) is 13.0. The topological polar surface area (TPSA) is 113 Å². The first kappa shape index (κ1) is 22.9. The molecule has 0 unspecified atom stereocenters. The molecular formula is C26H20Cl2N4O4. The highest BCUT2D eigenvalue weighted by Gasteiger charge is 2.61. The summed E-state index contributed by atoms with van der Waals surface area (Å²) in [4.78, 5) is 0. The van der Waals surface area contributed by atoms with Crippen molar-refractivity contribution in [2.24, 2.45) is 0 Å². The molecule has 36 heavy (non-hydrogen) atoms. The van der Waals surface area contributed by atoms with Crippen LogP contribution in [0.25, 0.3) is 16.5 Å². The van der Waals surface area contributed by atoms with Crippen LogP contribution in [-0.4, -0.2) is 31.6 Å². The number of fused-ring (bicyclic) bond motifs is 6. The molecule has 4 heterocycles. The van der Waals surface area contributed by atoms with Gasteiger partial charge >= 0.3 is 0 Å². The fourth-order valence-corrected chi connectivity index (χ4v) is 5.92. The SMILES string of the molecule is C[C@@]12CC[C@@](CCOc3nncc(Cl)c3Cl)(O1)c1c2c(O)n(-c2ccc(C#N)c3ccccc23)c1O. The molecule has 2 atom stereocenters.